The maximum Gasteiger partial charge on any atom is 0.414 e. The van der Waals surface area contributed by atoms with E-state index < -0.39 is 17.7 Å². The van der Waals surface area contributed by atoms with Gasteiger partial charge in [0.2, 0.25) is 0 Å². The molecular formula is C16H21NO5. The van der Waals surface area contributed by atoms with Crippen molar-refractivity contribution in [2.45, 2.75) is 39.2 Å². The first-order valence-corrected chi connectivity index (χ1v) is 7.18. The zero-order valence-electron chi connectivity index (χ0n) is 13.3. The second-order valence-corrected chi connectivity index (χ2v) is 6.18. The third-order valence-electron chi connectivity index (χ3n) is 3.38. The number of carbonyl (C=O) groups is 2. The van der Waals surface area contributed by atoms with E-state index in [0.29, 0.717) is 24.4 Å². The summed E-state index contributed by atoms with van der Waals surface area (Å²) in [6, 6.07) is 3.10. The summed E-state index contributed by atoms with van der Waals surface area (Å²) < 4.78 is 10.7. The van der Waals surface area contributed by atoms with Crippen LogP contribution in [0.25, 0.3) is 0 Å². The topological polar surface area (TPSA) is 76.1 Å². The van der Waals surface area contributed by atoms with Gasteiger partial charge in [-0.1, -0.05) is 0 Å². The van der Waals surface area contributed by atoms with Gasteiger partial charge in [0.1, 0.15) is 16.9 Å². The molecule has 1 aliphatic heterocycles. The monoisotopic (exact) mass is 307 g/mol. The summed E-state index contributed by atoms with van der Waals surface area (Å²) in [7, 11) is 1.44. The number of nitrogens with zero attached hydrogens (tertiary/aromatic N) is 1. The Balaban J connectivity index is 2.43. The summed E-state index contributed by atoms with van der Waals surface area (Å²) in [5.74, 6) is -0.729. The number of carboxylic acids is 1. The van der Waals surface area contributed by atoms with Gasteiger partial charge in [0, 0.05) is 12.1 Å². The summed E-state index contributed by atoms with van der Waals surface area (Å²) in [6.45, 7) is 5.97. The SMILES string of the molecule is COc1c(C(=O)O)ccc2c1CCCN2C(=O)OC(C)(C)C. The summed E-state index contributed by atoms with van der Waals surface area (Å²) in [5.41, 5.74) is 0.911. The lowest BCUT2D eigenvalue weighted by Crippen LogP contribution is -2.40. The highest BCUT2D eigenvalue weighted by molar-refractivity contribution is 5.95. The molecule has 0 atom stereocenters. The van der Waals surface area contributed by atoms with Crippen LogP contribution < -0.4 is 9.64 Å². The van der Waals surface area contributed by atoms with Crippen LogP contribution in [-0.4, -0.2) is 36.4 Å². The molecule has 0 fully saturated rings. The van der Waals surface area contributed by atoms with E-state index in [1.165, 1.54) is 18.1 Å². The van der Waals surface area contributed by atoms with Crippen molar-refractivity contribution in [3.63, 3.8) is 0 Å². The molecule has 1 aromatic rings. The Kier molecular flexibility index (Phi) is 4.30. The van der Waals surface area contributed by atoms with E-state index in [0.717, 1.165) is 12.0 Å². The number of hydrogen-bond acceptors (Lipinski definition) is 4. The average molecular weight is 307 g/mol. The van der Waals surface area contributed by atoms with Gasteiger partial charge >= 0.3 is 12.1 Å². The number of anilines is 1. The normalized spacial score (nSPS) is 14.3. The summed E-state index contributed by atoms with van der Waals surface area (Å²) in [6.07, 6.45) is 0.962. The van der Waals surface area contributed by atoms with Crippen molar-refractivity contribution >= 4 is 17.7 Å². The number of carboxylic acid groups (broad SMARTS) is 1. The standard InChI is InChI=1S/C16H21NO5/c1-16(2,3)22-15(20)17-9-5-6-10-12(17)8-7-11(14(18)19)13(10)21-4/h7-8H,5-6,9H2,1-4H3,(H,18,19). The first kappa shape index (κ1) is 16.1. The smallest absolute Gasteiger partial charge is 0.414 e. The molecule has 2 rings (SSSR count). The quantitative estimate of drug-likeness (QED) is 0.908. The minimum Gasteiger partial charge on any atom is -0.495 e. The van der Waals surface area contributed by atoms with Crippen molar-refractivity contribution in [3.8, 4) is 5.75 Å². The van der Waals surface area contributed by atoms with Crippen molar-refractivity contribution < 1.29 is 24.2 Å². The predicted octanol–water partition coefficient (Wildman–Crippen LogP) is 3.08. The molecule has 0 spiro atoms. The molecule has 120 valence electrons. The Morgan fingerprint density at radius 3 is 2.50 bits per heavy atom. The molecule has 22 heavy (non-hydrogen) atoms. The fourth-order valence-electron chi connectivity index (χ4n) is 2.55. The molecule has 0 radical (unpaired) electrons. The molecule has 1 N–H and O–H groups in total. The maximum absolute atomic E-state index is 12.3. The molecule has 1 aliphatic rings. The molecular weight excluding hydrogens is 286 g/mol. The first-order valence-electron chi connectivity index (χ1n) is 7.18. The number of aromatic carboxylic acids is 1. The Hall–Kier alpha value is -2.24. The number of fused-ring (bicyclic) bond motifs is 1. The van der Waals surface area contributed by atoms with Crippen LogP contribution in [0.3, 0.4) is 0 Å². The van der Waals surface area contributed by atoms with Gasteiger partial charge in [-0.3, -0.25) is 4.90 Å². The molecule has 0 bridgehead atoms. The Morgan fingerprint density at radius 2 is 1.95 bits per heavy atom. The molecule has 0 unspecified atom stereocenters. The van der Waals surface area contributed by atoms with Gasteiger partial charge in [-0.2, -0.15) is 0 Å². The number of benzene rings is 1. The molecule has 1 amide bonds. The van der Waals surface area contributed by atoms with Crippen LogP contribution >= 0.6 is 0 Å². The van der Waals surface area contributed by atoms with Gasteiger partial charge < -0.3 is 14.6 Å². The zero-order valence-corrected chi connectivity index (χ0v) is 13.3. The minimum atomic E-state index is -1.05. The van der Waals surface area contributed by atoms with Crippen LogP contribution in [0.2, 0.25) is 0 Å². The lowest BCUT2D eigenvalue weighted by Gasteiger charge is -2.32. The molecule has 1 aromatic carbocycles. The Labute approximate surface area is 129 Å². The molecule has 6 heteroatoms. The van der Waals surface area contributed by atoms with Gasteiger partial charge in [-0.05, 0) is 45.7 Å². The molecule has 0 saturated carbocycles. The lowest BCUT2D eigenvalue weighted by molar-refractivity contribution is 0.0577. The van der Waals surface area contributed by atoms with E-state index >= 15 is 0 Å². The number of rotatable bonds is 2. The predicted molar refractivity (Wildman–Crippen MR) is 81.9 cm³/mol. The molecule has 0 aromatic heterocycles. The van der Waals surface area contributed by atoms with Crippen molar-refractivity contribution in [3.05, 3.63) is 23.3 Å². The van der Waals surface area contributed by atoms with Crippen LogP contribution in [0, 0.1) is 0 Å². The third kappa shape index (κ3) is 3.16. The van der Waals surface area contributed by atoms with E-state index in [4.69, 9.17) is 9.47 Å². The third-order valence-corrected chi connectivity index (χ3v) is 3.38. The van der Waals surface area contributed by atoms with Gasteiger partial charge in [0.05, 0.1) is 12.8 Å². The zero-order chi connectivity index (χ0) is 16.5. The highest BCUT2D eigenvalue weighted by atomic mass is 16.6. The fraction of sp³-hybridized carbons (Fsp3) is 0.500. The van der Waals surface area contributed by atoms with E-state index in [9.17, 15) is 14.7 Å². The Morgan fingerprint density at radius 1 is 1.27 bits per heavy atom. The van der Waals surface area contributed by atoms with Crippen LogP contribution in [0.15, 0.2) is 12.1 Å². The fourth-order valence-corrected chi connectivity index (χ4v) is 2.55. The first-order chi connectivity index (χ1) is 10.2. The molecule has 6 nitrogen and oxygen atoms in total. The van der Waals surface area contributed by atoms with Crippen LogP contribution in [0.1, 0.15) is 43.1 Å². The summed E-state index contributed by atoms with van der Waals surface area (Å²) in [4.78, 5) is 25.2. The van der Waals surface area contributed by atoms with Gasteiger partial charge in [0.25, 0.3) is 0 Å². The molecule has 0 aliphatic carbocycles. The second-order valence-electron chi connectivity index (χ2n) is 6.18. The van der Waals surface area contributed by atoms with E-state index in [1.807, 2.05) is 20.8 Å². The van der Waals surface area contributed by atoms with Crippen molar-refractivity contribution in [1.29, 1.82) is 0 Å². The van der Waals surface area contributed by atoms with Crippen molar-refractivity contribution in [2.24, 2.45) is 0 Å². The molecule has 0 saturated heterocycles. The summed E-state index contributed by atoms with van der Waals surface area (Å²) >= 11 is 0. The molecule has 1 heterocycles. The van der Waals surface area contributed by atoms with E-state index in [1.54, 1.807) is 6.07 Å². The van der Waals surface area contributed by atoms with Crippen LogP contribution in [0.5, 0.6) is 5.75 Å². The summed E-state index contributed by atoms with van der Waals surface area (Å²) in [5, 5.41) is 9.24. The van der Waals surface area contributed by atoms with E-state index in [2.05, 4.69) is 0 Å². The largest absolute Gasteiger partial charge is 0.495 e. The highest BCUT2D eigenvalue weighted by Crippen LogP contribution is 2.37. The number of methoxy groups -OCH3 is 1. The number of carbonyl (C=O) groups excluding carboxylic acids is 1. The number of hydrogen-bond donors (Lipinski definition) is 1. The minimum absolute atomic E-state index is 0.104. The number of amides is 1. The van der Waals surface area contributed by atoms with Gasteiger partial charge in [0.15, 0.2) is 0 Å². The Bertz CT molecular complexity index is 603. The van der Waals surface area contributed by atoms with Gasteiger partial charge in [-0.15, -0.1) is 0 Å². The van der Waals surface area contributed by atoms with Gasteiger partial charge in [-0.25, -0.2) is 9.59 Å². The van der Waals surface area contributed by atoms with Crippen molar-refractivity contribution in [1.82, 2.24) is 0 Å². The van der Waals surface area contributed by atoms with Crippen LogP contribution in [-0.2, 0) is 11.2 Å². The average Bonchev–Trinajstić information content (AvgIpc) is 2.43. The lowest BCUT2D eigenvalue weighted by atomic mass is 9.97. The van der Waals surface area contributed by atoms with E-state index in [-0.39, 0.29) is 5.56 Å². The van der Waals surface area contributed by atoms with Crippen molar-refractivity contribution in [2.75, 3.05) is 18.6 Å². The second kappa shape index (κ2) is 5.87. The van der Waals surface area contributed by atoms with Crippen LogP contribution in [0.4, 0.5) is 10.5 Å². The number of ether oxygens (including phenoxy) is 2. The maximum atomic E-state index is 12.3. The highest BCUT2D eigenvalue weighted by Gasteiger charge is 2.30.